The van der Waals surface area contributed by atoms with Gasteiger partial charge in [-0.25, -0.2) is 0 Å². The summed E-state index contributed by atoms with van der Waals surface area (Å²) in [5.74, 6) is 0.504. The molecule has 0 saturated heterocycles. The van der Waals surface area contributed by atoms with E-state index in [1.165, 1.54) is 19.3 Å². The third-order valence-corrected chi connectivity index (χ3v) is 4.47. The first-order chi connectivity index (χ1) is 9.19. The number of hydrogen-bond donors (Lipinski definition) is 1. The number of nitriles is 1. The summed E-state index contributed by atoms with van der Waals surface area (Å²) in [6.07, 6.45) is 4.80. The lowest BCUT2D eigenvalue weighted by Crippen LogP contribution is -2.43. The second kappa shape index (κ2) is 6.27. The van der Waals surface area contributed by atoms with Crippen molar-refractivity contribution in [3.05, 3.63) is 28.8 Å². The quantitative estimate of drug-likeness (QED) is 0.923. The summed E-state index contributed by atoms with van der Waals surface area (Å²) >= 11 is 6.11. The number of rotatable bonds is 3. The van der Waals surface area contributed by atoms with Gasteiger partial charge in [0.1, 0.15) is 6.07 Å². The maximum absolute atomic E-state index is 9.28. The molecule has 1 aliphatic rings. The average Bonchev–Trinajstić information content (AvgIpc) is 2.46. The fraction of sp³-hybridized carbons (Fsp3) is 0.533. The Morgan fingerprint density at radius 3 is 2.84 bits per heavy atom. The molecule has 2 unspecified atom stereocenters. The molecule has 2 N–H and O–H groups in total. The van der Waals surface area contributed by atoms with Crippen LogP contribution in [-0.2, 0) is 0 Å². The highest BCUT2D eigenvalue weighted by molar-refractivity contribution is 6.32. The molecule has 1 saturated carbocycles. The first kappa shape index (κ1) is 14.2. The summed E-state index contributed by atoms with van der Waals surface area (Å²) in [6.45, 7) is 0.706. The van der Waals surface area contributed by atoms with Gasteiger partial charge in [-0.1, -0.05) is 30.5 Å². The number of nitrogens with zero attached hydrogens (tertiary/aromatic N) is 2. The molecule has 1 aromatic carbocycles. The SMILES string of the molecule is CN(c1cccc(Cl)c1C#N)C1CCCCC1CN. The van der Waals surface area contributed by atoms with Crippen LogP contribution in [0.4, 0.5) is 5.69 Å². The van der Waals surface area contributed by atoms with Crippen molar-refractivity contribution >= 4 is 17.3 Å². The van der Waals surface area contributed by atoms with E-state index in [2.05, 4.69) is 11.0 Å². The third kappa shape index (κ3) is 2.86. The second-order valence-corrected chi connectivity index (χ2v) is 5.61. The number of hydrogen-bond acceptors (Lipinski definition) is 3. The summed E-state index contributed by atoms with van der Waals surface area (Å²) in [5.41, 5.74) is 7.37. The molecule has 1 aliphatic carbocycles. The zero-order valence-electron chi connectivity index (χ0n) is 11.3. The van der Waals surface area contributed by atoms with E-state index in [-0.39, 0.29) is 0 Å². The van der Waals surface area contributed by atoms with Gasteiger partial charge in [0.05, 0.1) is 16.3 Å². The molecule has 0 radical (unpaired) electrons. The predicted molar refractivity (Wildman–Crippen MR) is 79.4 cm³/mol. The molecule has 0 bridgehead atoms. The minimum absolute atomic E-state index is 0.407. The molecule has 2 atom stereocenters. The molecule has 2 rings (SSSR count). The second-order valence-electron chi connectivity index (χ2n) is 5.20. The normalized spacial score (nSPS) is 22.8. The van der Waals surface area contributed by atoms with Crippen LogP contribution in [0.3, 0.4) is 0 Å². The van der Waals surface area contributed by atoms with Crippen LogP contribution in [0.2, 0.25) is 5.02 Å². The van der Waals surface area contributed by atoms with Gasteiger partial charge in [0, 0.05) is 13.1 Å². The summed E-state index contributed by atoms with van der Waals surface area (Å²) in [4.78, 5) is 2.20. The van der Waals surface area contributed by atoms with E-state index >= 15 is 0 Å². The minimum Gasteiger partial charge on any atom is -0.370 e. The molecular weight excluding hydrogens is 258 g/mol. The molecule has 1 aromatic rings. The van der Waals surface area contributed by atoms with E-state index in [9.17, 15) is 5.26 Å². The summed E-state index contributed by atoms with van der Waals surface area (Å²) < 4.78 is 0. The number of anilines is 1. The van der Waals surface area contributed by atoms with Crippen molar-refractivity contribution in [2.45, 2.75) is 31.7 Å². The average molecular weight is 278 g/mol. The molecule has 102 valence electrons. The first-order valence-electron chi connectivity index (χ1n) is 6.80. The zero-order chi connectivity index (χ0) is 13.8. The first-order valence-corrected chi connectivity index (χ1v) is 7.18. The number of nitrogens with two attached hydrogens (primary N) is 1. The molecule has 0 aromatic heterocycles. The van der Waals surface area contributed by atoms with Crippen molar-refractivity contribution < 1.29 is 0 Å². The van der Waals surface area contributed by atoms with Crippen molar-refractivity contribution in [1.29, 1.82) is 5.26 Å². The summed E-state index contributed by atoms with van der Waals surface area (Å²) in [6, 6.07) is 8.24. The van der Waals surface area contributed by atoms with E-state index < -0.39 is 0 Å². The lowest BCUT2D eigenvalue weighted by atomic mass is 9.83. The van der Waals surface area contributed by atoms with Crippen LogP contribution in [0.5, 0.6) is 0 Å². The monoisotopic (exact) mass is 277 g/mol. The smallest absolute Gasteiger partial charge is 0.103 e. The van der Waals surface area contributed by atoms with Crippen LogP contribution >= 0.6 is 11.6 Å². The topological polar surface area (TPSA) is 53.0 Å². The van der Waals surface area contributed by atoms with Crippen LogP contribution in [0.1, 0.15) is 31.2 Å². The van der Waals surface area contributed by atoms with Crippen LogP contribution < -0.4 is 10.6 Å². The predicted octanol–water partition coefficient (Wildman–Crippen LogP) is 3.17. The standard InChI is InChI=1S/C15H20ClN3/c1-19(14-7-3-2-5-11(14)9-17)15-8-4-6-13(16)12(15)10-18/h4,6,8,11,14H,2-3,5,7,9,17H2,1H3. The molecule has 1 fully saturated rings. The largest absolute Gasteiger partial charge is 0.370 e. The highest BCUT2D eigenvalue weighted by Gasteiger charge is 2.28. The van der Waals surface area contributed by atoms with Gasteiger partial charge in [-0.15, -0.1) is 0 Å². The van der Waals surface area contributed by atoms with Crippen molar-refractivity contribution in [3.8, 4) is 6.07 Å². The van der Waals surface area contributed by atoms with E-state index in [0.717, 1.165) is 12.1 Å². The molecule has 19 heavy (non-hydrogen) atoms. The van der Waals surface area contributed by atoms with Gasteiger partial charge in [0.25, 0.3) is 0 Å². The van der Waals surface area contributed by atoms with Gasteiger partial charge in [0.15, 0.2) is 0 Å². The molecule has 4 heteroatoms. The Morgan fingerprint density at radius 2 is 2.16 bits per heavy atom. The molecular formula is C15H20ClN3. The fourth-order valence-corrected chi connectivity index (χ4v) is 3.28. The van der Waals surface area contributed by atoms with E-state index in [1.54, 1.807) is 6.07 Å². The molecule has 0 heterocycles. The Kier molecular flexibility index (Phi) is 4.68. The minimum atomic E-state index is 0.407. The third-order valence-electron chi connectivity index (χ3n) is 4.15. The molecule has 0 spiro atoms. The Bertz CT molecular complexity index is 481. The van der Waals surface area contributed by atoms with E-state index in [1.807, 2.05) is 19.2 Å². The summed E-state index contributed by atoms with van der Waals surface area (Å²) in [7, 11) is 2.05. The van der Waals surface area contributed by atoms with E-state index in [0.29, 0.717) is 29.1 Å². The lowest BCUT2D eigenvalue weighted by Gasteiger charge is -2.39. The van der Waals surface area contributed by atoms with Crippen molar-refractivity contribution in [2.75, 3.05) is 18.5 Å². The Hall–Kier alpha value is -1.24. The van der Waals surface area contributed by atoms with Crippen LogP contribution in [0, 0.1) is 17.2 Å². The Balaban J connectivity index is 2.31. The fourth-order valence-electron chi connectivity index (χ4n) is 3.07. The van der Waals surface area contributed by atoms with E-state index in [4.69, 9.17) is 17.3 Å². The highest BCUT2D eigenvalue weighted by Crippen LogP contribution is 2.33. The van der Waals surface area contributed by atoms with Crippen LogP contribution in [0.25, 0.3) is 0 Å². The van der Waals surface area contributed by atoms with Crippen molar-refractivity contribution in [2.24, 2.45) is 11.7 Å². The number of halogens is 1. The maximum atomic E-state index is 9.28. The van der Waals surface area contributed by atoms with Gasteiger partial charge in [0.2, 0.25) is 0 Å². The van der Waals surface area contributed by atoms with Crippen molar-refractivity contribution in [3.63, 3.8) is 0 Å². The molecule has 3 nitrogen and oxygen atoms in total. The van der Waals surface area contributed by atoms with Gasteiger partial charge < -0.3 is 10.6 Å². The number of benzene rings is 1. The maximum Gasteiger partial charge on any atom is 0.103 e. The van der Waals surface area contributed by atoms with Crippen molar-refractivity contribution in [1.82, 2.24) is 0 Å². The Labute approximate surface area is 120 Å². The van der Waals surface area contributed by atoms with Crippen LogP contribution in [0.15, 0.2) is 18.2 Å². The van der Waals surface area contributed by atoms with Gasteiger partial charge in [-0.2, -0.15) is 5.26 Å². The zero-order valence-corrected chi connectivity index (χ0v) is 12.0. The van der Waals surface area contributed by atoms with Gasteiger partial charge >= 0.3 is 0 Å². The summed E-state index contributed by atoms with van der Waals surface area (Å²) in [5, 5.41) is 9.80. The Morgan fingerprint density at radius 1 is 1.42 bits per heavy atom. The van der Waals surface area contributed by atoms with Gasteiger partial charge in [-0.05, 0) is 37.4 Å². The highest BCUT2D eigenvalue weighted by atomic mass is 35.5. The van der Waals surface area contributed by atoms with Crippen LogP contribution in [-0.4, -0.2) is 19.6 Å². The molecule has 0 aliphatic heterocycles. The lowest BCUT2D eigenvalue weighted by molar-refractivity contribution is 0.306. The van der Waals surface area contributed by atoms with Gasteiger partial charge in [-0.3, -0.25) is 0 Å². The molecule has 0 amide bonds.